The number of alkyl halides is 3. The quantitative estimate of drug-likeness (QED) is 0.467. The van der Waals surface area contributed by atoms with Crippen LogP contribution in [0.1, 0.15) is 11.3 Å². The van der Waals surface area contributed by atoms with Crippen molar-refractivity contribution < 1.29 is 27.2 Å². The van der Waals surface area contributed by atoms with Gasteiger partial charge in [0.05, 0.1) is 12.8 Å². The van der Waals surface area contributed by atoms with Crippen molar-refractivity contribution in [3.8, 4) is 0 Å². The Labute approximate surface area is 139 Å². The van der Waals surface area contributed by atoms with Crippen LogP contribution in [0.4, 0.5) is 13.2 Å². The Kier molecular flexibility index (Phi) is 5.85. The van der Waals surface area contributed by atoms with Gasteiger partial charge >= 0.3 is 6.18 Å². The number of nitrogens with two attached hydrogens (primary N) is 1. The molecule has 0 bridgehead atoms. The molecule has 2 rings (SSSR count). The monoisotopic (exact) mass is 361 g/mol. The second-order valence-corrected chi connectivity index (χ2v) is 5.49. The number of nitrogens with zero attached hydrogens (tertiary/aromatic N) is 2. The fraction of sp³-hybridized carbons (Fsp3) is 0.286. The van der Waals surface area contributed by atoms with E-state index in [1.807, 2.05) is 0 Å². The lowest BCUT2D eigenvalue weighted by Gasteiger charge is -2.22. The van der Waals surface area contributed by atoms with Gasteiger partial charge in [-0.25, -0.2) is 0 Å². The van der Waals surface area contributed by atoms with Gasteiger partial charge in [0, 0.05) is 10.9 Å². The van der Waals surface area contributed by atoms with Crippen molar-refractivity contribution in [2.45, 2.75) is 12.7 Å². The van der Waals surface area contributed by atoms with E-state index in [-0.39, 0.29) is 18.1 Å². The maximum atomic E-state index is 12.6. The van der Waals surface area contributed by atoms with Gasteiger partial charge in [-0.3, -0.25) is 4.79 Å². The Morgan fingerprint density at radius 1 is 1.42 bits per heavy atom. The van der Waals surface area contributed by atoms with Crippen molar-refractivity contribution in [1.82, 2.24) is 4.90 Å². The fourth-order valence-corrected chi connectivity index (χ4v) is 2.40. The van der Waals surface area contributed by atoms with E-state index >= 15 is 0 Å². The summed E-state index contributed by atoms with van der Waals surface area (Å²) in [6.07, 6.45) is -3.23. The summed E-state index contributed by atoms with van der Waals surface area (Å²) in [6, 6.07) is 4.69. The first-order valence-electron chi connectivity index (χ1n) is 6.70. The van der Waals surface area contributed by atoms with Crippen LogP contribution in [-0.2, 0) is 16.2 Å². The van der Waals surface area contributed by atoms with Gasteiger partial charge in [-0.15, -0.1) is 0 Å². The minimum absolute atomic E-state index is 0.0393. The average molecular weight is 361 g/mol. The minimum Gasteiger partial charge on any atom is -0.467 e. The fourth-order valence-electron chi connectivity index (χ4n) is 1.75. The second-order valence-electron chi connectivity index (χ2n) is 4.71. The predicted molar refractivity (Wildman–Crippen MR) is 81.2 cm³/mol. The maximum absolute atomic E-state index is 12.6. The molecule has 1 amide bonds. The van der Waals surface area contributed by atoms with Crippen LogP contribution in [0.2, 0.25) is 0 Å². The number of rotatable bonds is 7. The van der Waals surface area contributed by atoms with Gasteiger partial charge in [-0.1, -0.05) is 5.16 Å². The van der Waals surface area contributed by atoms with Crippen molar-refractivity contribution >= 4 is 23.1 Å². The molecule has 6 nitrogen and oxygen atoms in total. The molecule has 0 spiro atoms. The van der Waals surface area contributed by atoms with Crippen LogP contribution in [0.3, 0.4) is 0 Å². The van der Waals surface area contributed by atoms with E-state index in [2.05, 4.69) is 5.16 Å². The summed E-state index contributed by atoms with van der Waals surface area (Å²) in [6.45, 7) is -2.40. The molecule has 0 radical (unpaired) electrons. The van der Waals surface area contributed by atoms with Crippen LogP contribution < -0.4 is 5.73 Å². The van der Waals surface area contributed by atoms with Crippen LogP contribution in [0.25, 0.3) is 0 Å². The second kappa shape index (κ2) is 7.86. The van der Waals surface area contributed by atoms with Gasteiger partial charge in [-0.2, -0.15) is 24.5 Å². The molecule has 0 unspecified atom stereocenters. The summed E-state index contributed by atoms with van der Waals surface area (Å²) >= 11 is 1.39. The number of carbonyl (C=O) groups is 1. The molecule has 0 saturated heterocycles. The summed E-state index contributed by atoms with van der Waals surface area (Å²) in [4.78, 5) is 17.3. The average Bonchev–Trinajstić information content (AvgIpc) is 3.18. The molecule has 0 aliphatic carbocycles. The normalized spacial score (nSPS) is 12.2. The van der Waals surface area contributed by atoms with Crippen LogP contribution in [0.15, 0.2) is 44.8 Å². The van der Waals surface area contributed by atoms with E-state index < -0.39 is 25.2 Å². The van der Waals surface area contributed by atoms with Gasteiger partial charge in [0.2, 0.25) is 0 Å². The largest absolute Gasteiger partial charge is 0.467 e. The van der Waals surface area contributed by atoms with Crippen LogP contribution in [0, 0.1) is 0 Å². The number of thiophene rings is 1. The summed E-state index contributed by atoms with van der Waals surface area (Å²) in [5.41, 5.74) is 6.23. The molecule has 10 heteroatoms. The lowest BCUT2D eigenvalue weighted by molar-refractivity contribution is -0.165. The summed E-state index contributed by atoms with van der Waals surface area (Å²) in [5, 5.41) is 7.03. The number of amidine groups is 1. The van der Waals surface area contributed by atoms with Crippen molar-refractivity contribution in [2.75, 3.05) is 13.2 Å². The third kappa shape index (κ3) is 5.61. The standard InChI is InChI=1S/C14H14F3N3O3S/c15-14(16,17)9-20(6-11-2-1-4-22-11)12(21)7-23-19-13(18)10-3-5-24-8-10/h1-5,8H,6-7,9H2,(H2,18,19). The topological polar surface area (TPSA) is 81.1 Å². The molecule has 0 aliphatic heterocycles. The number of hydrogen-bond donors (Lipinski definition) is 1. The van der Waals surface area contributed by atoms with Crippen molar-refractivity contribution in [1.29, 1.82) is 0 Å². The summed E-state index contributed by atoms with van der Waals surface area (Å²) in [5.74, 6) is -0.614. The van der Waals surface area contributed by atoms with E-state index in [4.69, 9.17) is 15.0 Å². The highest BCUT2D eigenvalue weighted by molar-refractivity contribution is 7.08. The predicted octanol–water partition coefficient (Wildman–Crippen LogP) is 2.57. The molecule has 2 N–H and O–H groups in total. The van der Waals surface area contributed by atoms with Crippen LogP contribution >= 0.6 is 11.3 Å². The molecule has 0 saturated carbocycles. The van der Waals surface area contributed by atoms with Crippen molar-refractivity contribution in [3.63, 3.8) is 0 Å². The summed E-state index contributed by atoms with van der Waals surface area (Å²) < 4.78 is 42.8. The summed E-state index contributed by atoms with van der Waals surface area (Å²) in [7, 11) is 0. The Hall–Kier alpha value is -2.49. The van der Waals surface area contributed by atoms with Gasteiger partial charge in [0.25, 0.3) is 5.91 Å². The lowest BCUT2D eigenvalue weighted by Crippen LogP contribution is -2.40. The number of oxime groups is 1. The highest BCUT2D eigenvalue weighted by Crippen LogP contribution is 2.18. The zero-order valence-corrected chi connectivity index (χ0v) is 13.1. The zero-order chi connectivity index (χ0) is 17.6. The first kappa shape index (κ1) is 17.9. The van der Waals surface area contributed by atoms with Gasteiger partial charge in [-0.05, 0) is 23.6 Å². The SMILES string of the molecule is N/C(=N\OCC(=O)N(Cc1ccco1)CC(F)(F)F)c1ccsc1. The Bertz CT molecular complexity index is 669. The Morgan fingerprint density at radius 2 is 2.21 bits per heavy atom. The Morgan fingerprint density at radius 3 is 2.79 bits per heavy atom. The van der Waals surface area contributed by atoms with E-state index in [1.165, 1.54) is 29.7 Å². The van der Waals surface area contributed by atoms with Gasteiger partial charge in [0.15, 0.2) is 12.4 Å². The number of halogens is 3. The first-order valence-corrected chi connectivity index (χ1v) is 7.64. The molecule has 2 aromatic rings. The van der Waals surface area contributed by atoms with Gasteiger partial charge < -0.3 is 19.9 Å². The first-order chi connectivity index (χ1) is 11.3. The van der Waals surface area contributed by atoms with Crippen molar-refractivity contribution in [2.24, 2.45) is 10.9 Å². The minimum atomic E-state index is -4.54. The van der Waals surface area contributed by atoms with E-state index in [0.717, 1.165) is 0 Å². The molecular weight excluding hydrogens is 347 g/mol. The molecule has 0 atom stereocenters. The van der Waals surface area contributed by atoms with E-state index in [0.29, 0.717) is 10.5 Å². The van der Waals surface area contributed by atoms with Crippen LogP contribution in [-0.4, -0.2) is 36.0 Å². The molecular formula is C14H14F3N3O3S. The van der Waals surface area contributed by atoms with Crippen LogP contribution in [0.5, 0.6) is 0 Å². The lowest BCUT2D eigenvalue weighted by atomic mass is 10.3. The molecule has 0 aromatic carbocycles. The number of furan rings is 1. The molecule has 130 valence electrons. The molecule has 2 heterocycles. The van der Waals surface area contributed by atoms with Gasteiger partial charge in [0.1, 0.15) is 12.3 Å². The molecule has 2 aromatic heterocycles. The molecule has 0 fully saturated rings. The number of carbonyl (C=O) groups excluding carboxylic acids is 1. The van der Waals surface area contributed by atoms with E-state index in [9.17, 15) is 18.0 Å². The highest BCUT2D eigenvalue weighted by atomic mass is 32.1. The number of hydrogen-bond acceptors (Lipinski definition) is 5. The smallest absolute Gasteiger partial charge is 0.406 e. The molecule has 0 aliphatic rings. The van der Waals surface area contributed by atoms with E-state index in [1.54, 1.807) is 16.8 Å². The Balaban J connectivity index is 1.95. The molecule has 24 heavy (non-hydrogen) atoms. The third-order valence-corrected chi connectivity index (χ3v) is 3.50. The third-order valence-electron chi connectivity index (χ3n) is 2.82. The maximum Gasteiger partial charge on any atom is 0.406 e. The zero-order valence-electron chi connectivity index (χ0n) is 12.3. The number of amides is 1. The van der Waals surface area contributed by atoms with Crippen molar-refractivity contribution in [3.05, 3.63) is 46.5 Å². The highest BCUT2D eigenvalue weighted by Gasteiger charge is 2.33.